The number of methoxy groups -OCH3 is 1. The first-order valence-corrected chi connectivity index (χ1v) is 9.19. The van der Waals surface area contributed by atoms with Gasteiger partial charge in [-0.05, 0) is 48.2 Å². The third kappa shape index (κ3) is 2.76. The number of hydrazone groups is 1. The minimum Gasteiger partial charge on any atom is -0.497 e. The van der Waals surface area contributed by atoms with E-state index in [-0.39, 0.29) is 17.9 Å². The number of amides is 1. The first kappa shape index (κ1) is 16.3. The molecular weight excluding hydrogens is 380 g/mol. The largest absolute Gasteiger partial charge is 0.497 e. The highest BCUT2D eigenvalue weighted by Gasteiger charge is 2.43. The molecule has 0 aromatic heterocycles. The molecule has 0 N–H and O–H groups in total. The average molecular weight is 399 g/mol. The molecule has 0 fully saturated rings. The molecule has 2 aromatic rings. The Bertz CT molecular complexity index is 860. The van der Waals surface area contributed by atoms with Crippen LogP contribution in [0.2, 0.25) is 0 Å². The molecule has 1 amide bonds. The molecule has 0 bridgehead atoms. The lowest BCUT2D eigenvalue weighted by Gasteiger charge is -2.29. The van der Waals surface area contributed by atoms with Crippen LogP contribution in [0.25, 0.3) is 0 Å². The van der Waals surface area contributed by atoms with Gasteiger partial charge < -0.3 is 4.74 Å². The maximum atomic E-state index is 12.3. The Morgan fingerprint density at radius 1 is 1.24 bits per heavy atom. The number of rotatable bonds is 2. The van der Waals surface area contributed by atoms with Crippen molar-refractivity contribution in [2.45, 2.75) is 25.8 Å². The number of nitrogens with zero attached hydrogens (tertiary/aromatic N) is 2. The van der Waals surface area contributed by atoms with Crippen molar-refractivity contribution >= 4 is 27.5 Å². The third-order valence-corrected chi connectivity index (χ3v) is 5.59. The van der Waals surface area contributed by atoms with Crippen molar-refractivity contribution in [3.63, 3.8) is 0 Å². The molecule has 2 aliphatic rings. The molecule has 2 atom stereocenters. The third-order valence-electron chi connectivity index (χ3n) is 5.06. The number of aryl methyl sites for hydroxylation is 1. The molecule has 5 heteroatoms. The first-order valence-electron chi connectivity index (χ1n) is 8.39. The van der Waals surface area contributed by atoms with Gasteiger partial charge in [-0.25, -0.2) is 5.01 Å². The molecule has 25 heavy (non-hydrogen) atoms. The standard InChI is InChI=1S/C20H19BrN2O2/c1-12(24)23-20(14-3-7-15(21)8-4-14)17-10-6-13-5-9-16(25-2)11-18(13)19(17)22-23/h3-5,7-9,11,17,20H,6,10H2,1-2H3/t17-,20-/m1/s1. The maximum Gasteiger partial charge on any atom is 0.240 e. The van der Waals surface area contributed by atoms with Crippen LogP contribution in [0.3, 0.4) is 0 Å². The van der Waals surface area contributed by atoms with Crippen LogP contribution in [0.4, 0.5) is 0 Å². The molecule has 1 aliphatic carbocycles. The molecule has 0 saturated heterocycles. The highest BCUT2D eigenvalue weighted by atomic mass is 79.9. The van der Waals surface area contributed by atoms with Crippen LogP contribution in [0.5, 0.6) is 5.75 Å². The molecule has 4 rings (SSSR count). The number of fused-ring (bicyclic) bond motifs is 3. The van der Waals surface area contributed by atoms with E-state index in [1.807, 2.05) is 24.3 Å². The molecule has 4 nitrogen and oxygen atoms in total. The molecule has 0 unspecified atom stereocenters. The van der Waals surface area contributed by atoms with Gasteiger partial charge in [0.1, 0.15) is 5.75 Å². The van der Waals surface area contributed by atoms with Gasteiger partial charge in [-0.1, -0.05) is 34.1 Å². The maximum absolute atomic E-state index is 12.3. The average Bonchev–Trinajstić information content (AvgIpc) is 3.02. The number of benzene rings is 2. The van der Waals surface area contributed by atoms with E-state index in [2.05, 4.69) is 34.1 Å². The predicted molar refractivity (Wildman–Crippen MR) is 101 cm³/mol. The second-order valence-electron chi connectivity index (χ2n) is 6.51. The number of carbonyl (C=O) groups is 1. The highest BCUT2D eigenvalue weighted by Crippen LogP contribution is 2.44. The number of ether oxygens (including phenoxy) is 1. The topological polar surface area (TPSA) is 41.9 Å². The van der Waals surface area contributed by atoms with E-state index in [4.69, 9.17) is 9.84 Å². The zero-order valence-electron chi connectivity index (χ0n) is 14.2. The second-order valence-corrected chi connectivity index (χ2v) is 7.43. The molecule has 128 valence electrons. The second kappa shape index (κ2) is 6.30. The van der Waals surface area contributed by atoms with E-state index in [0.717, 1.165) is 39.9 Å². The Hall–Kier alpha value is -2.14. The summed E-state index contributed by atoms with van der Waals surface area (Å²) in [7, 11) is 1.67. The summed E-state index contributed by atoms with van der Waals surface area (Å²) in [5, 5.41) is 6.39. The normalized spacial score (nSPS) is 21.4. The molecule has 0 spiro atoms. The van der Waals surface area contributed by atoms with Crippen molar-refractivity contribution < 1.29 is 9.53 Å². The van der Waals surface area contributed by atoms with Crippen LogP contribution in [-0.2, 0) is 11.2 Å². The summed E-state index contributed by atoms with van der Waals surface area (Å²) >= 11 is 3.48. The first-order chi connectivity index (χ1) is 12.1. The molecule has 1 aliphatic heterocycles. The van der Waals surface area contributed by atoms with E-state index < -0.39 is 0 Å². The minimum atomic E-state index is -0.0417. The van der Waals surface area contributed by atoms with Gasteiger partial charge in [-0.15, -0.1) is 0 Å². The van der Waals surface area contributed by atoms with Crippen LogP contribution in [-0.4, -0.2) is 23.7 Å². The van der Waals surface area contributed by atoms with Gasteiger partial charge in [-0.2, -0.15) is 5.10 Å². The van der Waals surface area contributed by atoms with Gasteiger partial charge in [0.05, 0.1) is 18.9 Å². The van der Waals surface area contributed by atoms with Crippen molar-refractivity contribution in [2.24, 2.45) is 11.0 Å². The summed E-state index contributed by atoms with van der Waals surface area (Å²) in [6.45, 7) is 1.58. The lowest BCUT2D eigenvalue weighted by molar-refractivity contribution is -0.131. The summed E-state index contributed by atoms with van der Waals surface area (Å²) in [6.07, 6.45) is 1.98. The Morgan fingerprint density at radius 3 is 2.68 bits per heavy atom. The summed E-state index contributed by atoms with van der Waals surface area (Å²) in [5.74, 6) is 1.01. The van der Waals surface area contributed by atoms with Crippen molar-refractivity contribution in [2.75, 3.05) is 7.11 Å². The zero-order valence-corrected chi connectivity index (χ0v) is 15.8. The Kier molecular flexibility index (Phi) is 4.12. The van der Waals surface area contributed by atoms with Crippen LogP contribution in [0.15, 0.2) is 52.0 Å². The molecule has 2 aromatic carbocycles. The Morgan fingerprint density at radius 2 is 2.00 bits per heavy atom. The number of carbonyl (C=O) groups excluding carboxylic acids is 1. The van der Waals surface area contributed by atoms with Gasteiger partial charge >= 0.3 is 0 Å². The quantitative estimate of drug-likeness (QED) is 0.755. The molecule has 0 saturated carbocycles. The van der Waals surface area contributed by atoms with Crippen molar-refractivity contribution in [3.05, 3.63) is 63.6 Å². The van der Waals surface area contributed by atoms with Gasteiger partial charge in [0, 0.05) is 22.9 Å². The van der Waals surface area contributed by atoms with Crippen LogP contribution < -0.4 is 4.74 Å². The fourth-order valence-corrected chi connectivity index (χ4v) is 4.13. The van der Waals surface area contributed by atoms with Crippen molar-refractivity contribution in [1.82, 2.24) is 5.01 Å². The summed E-state index contributed by atoms with van der Waals surface area (Å²) in [5.41, 5.74) is 4.51. The summed E-state index contributed by atoms with van der Waals surface area (Å²) < 4.78 is 6.42. The van der Waals surface area contributed by atoms with E-state index in [1.54, 1.807) is 19.0 Å². The van der Waals surface area contributed by atoms with Gasteiger partial charge in [0.15, 0.2) is 0 Å². The van der Waals surface area contributed by atoms with Crippen LogP contribution in [0.1, 0.15) is 36.1 Å². The molecule has 1 heterocycles. The minimum absolute atomic E-state index is 0.0285. The van der Waals surface area contributed by atoms with E-state index >= 15 is 0 Å². The van der Waals surface area contributed by atoms with Gasteiger partial charge in [-0.3, -0.25) is 4.79 Å². The fourth-order valence-electron chi connectivity index (χ4n) is 3.87. The van der Waals surface area contributed by atoms with Crippen LogP contribution >= 0.6 is 15.9 Å². The van der Waals surface area contributed by atoms with E-state index in [9.17, 15) is 4.79 Å². The number of halogens is 1. The summed E-state index contributed by atoms with van der Waals surface area (Å²) in [4.78, 5) is 12.3. The van der Waals surface area contributed by atoms with Gasteiger partial charge in [0.25, 0.3) is 0 Å². The van der Waals surface area contributed by atoms with Crippen molar-refractivity contribution in [3.8, 4) is 5.75 Å². The monoisotopic (exact) mass is 398 g/mol. The molecule has 0 radical (unpaired) electrons. The fraction of sp³-hybridized carbons (Fsp3) is 0.300. The van der Waals surface area contributed by atoms with E-state index in [1.165, 1.54) is 5.56 Å². The lowest BCUT2D eigenvalue weighted by Crippen LogP contribution is -2.31. The van der Waals surface area contributed by atoms with Crippen molar-refractivity contribution in [1.29, 1.82) is 0 Å². The lowest BCUT2D eigenvalue weighted by atomic mass is 9.77. The summed E-state index contributed by atoms with van der Waals surface area (Å²) in [6, 6.07) is 14.3. The van der Waals surface area contributed by atoms with E-state index in [0.29, 0.717) is 0 Å². The highest BCUT2D eigenvalue weighted by molar-refractivity contribution is 9.10. The Labute approximate surface area is 155 Å². The smallest absolute Gasteiger partial charge is 0.240 e. The number of hydrogen-bond donors (Lipinski definition) is 0. The zero-order chi connectivity index (χ0) is 17.6. The Balaban J connectivity index is 1.80. The number of hydrogen-bond acceptors (Lipinski definition) is 3. The SMILES string of the molecule is COc1ccc2c(c1)C1=NN(C(C)=O)[C@H](c3ccc(Br)cc3)[C@@H]1CC2. The predicted octanol–water partition coefficient (Wildman–Crippen LogP) is 4.33. The van der Waals surface area contributed by atoms with Gasteiger partial charge in [0.2, 0.25) is 5.91 Å². The van der Waals surface area contributed by atoms with Crippen LogP contribution in [0, 0.1) is 5.92 Å². The molecular formula is C20H19BrN2O2.